The molecule has 0 aliphatic heterocycles. The maximum absolute atomic E-state index is 13.2. The largest absolute Gasteiger partial charge is 0.453 e. The van der Waals surface area contributed by atoms with Crippen LogP contribution in [-0.4, -0.2) is 19.8 Å². The van der Waals surface area contributed by atoms with Gasteiger partial charge in [0.25, 0.3) is 5.82 Å². The summed E-state index contributed by atoms with van der Waals surface area (Å²) < 4.78 is 40.3. The summed E-state index contributed by atoms with van der Waals surface area (Å²) in [5, 5.41) is 16.2. The molecule has 1 aliphatic carbocycles. The van der Waals surface area contributed by atoms with Crippen molar-refractivity contribution in [1.29, 1.82) is 0 Å². The van der Waals surface area contributed by atoms with E-state index in [4.69, 9.17) is 0 Å². The van der Waals surface area contributed by atoms with Crippen LogP contribution < -0.4 is 5.32 Å². The van der Waals surface area contributed by atoms with Crippen molar-refractivity contribution >= 4 is 22.8 Å². The van der Waals surface area contributed by atoms with E-state index in [0.29, 0.717) is 5.82 Å². The molecule has 9 heteroatoms. The zero-order valence-corrected chi connectivity index (χ0v) is 16.0. The molecule has 29 heavy (non-hydrogen) atoms. The molecule has 0 saturated carbocycles. The first-order valence-electron chi connectivity index (χ1n) is 9.20. The lowest BCUT2D eigenvalue weighted by atomic mass is 10.00. The smallest absolute Gasteiger partial charge is 0.357 e. The third-order valence-corrected chi connectivity index (χ3v) is 6.03. The Morgan fingerprint density at radius 2 is 1.90 bits per heavy atom. The number of nitrogens with one attached hydrogen (secondary N) is 1. The third-order valence-electron chi connectivity index (χ3n) is 5.09. The number of hydrogen-bond acceptors (Lipinski definition) is 5. The van der Waals surface area contributed by atoms with Crippen molar-refractivity contribution in [2.75, 3.05) is 5.32 Å². The van der Waals surface area contributed by atoms with Gasteiger partial charge in [0.1, 0.15) is 5.82 Å². The zero-order chi connectivity index (χ0) is 20.0. The van der Waals surface area contributed by atoms with Gasteiger partial charge in [0, 0.05) is 4.88 Å². The highest BCUT2D eigenvalue weighted by Crippen LogP contribution is 2.33. The topological polar surface area (TPSA) is 55.1 Å². The van der Waals surface area contributed by atoms with Gasteiger partial charge in [-0.1, -0.05) is 24.3 Å². The van der Waals surface area contributed by atoms with Crippen LogP contribution in [0.1, 0.15) is 39.9 Å². The quantitative estimate of drug-likeness (QED) is 0.515. The highest BCUT2D eigenvalue weighted by Gasteiger charge is 2.37. The van der Waals surface area contributed by atoms with E-state index in [9.17, 15) is 13.2 Å². The first-order valence-corrected chi connectivity index (χ1v) is 10.1. The van der Waals surface area contributed by atoms with Crippen molar-refractivity contribution in [2.45, 2.75) is 31.5 Å². The fourth-order valence-electron chi connectivity index (χ4n) is 3.74. The minimum absolute atomic E-state index is 0.0491. The summed E-state index contributed by atoms with van der Waals surface area (Å²) in [5.41, 5.74) is 3.83. The van der Waals surface area contributed by atoms with Gasteiger partial charge in [0.15, 0.2) is 5.65 Å². The van der Waals surface area contributed by atoms with E-state index in [1.54, 1.807) is 17.4 Å². The van der Waals surface area contributed by atoms with Crippen LogP contribution in [0.4, 0.5) is 19.0 Å². The van der Waals surface area contributed by atoms with Crippen LogP contribution >= 0.6 is 11.3 Å². The summed E-state index contributed by atoms with van der Waals surface area (Å²) in [6.07, 6.45) is -1.32. The predicted octanol–water partition coefficient (Wildman–Crippen LogP) is 4.89. The monoisotopic (exact) mass is 415 g/mol. The minimum Gasteiger partial charge on any atom is -0.357 e. The van der Waals surface area contributed by atoms with E-state index in [1.807, 2.05) is 17.5 Å². The number of aryl methyl sites for hydroxylation is 2. The molecule has 1 aliphatic rings. The fourth-order valence-corrected chi connectivity index (χ4v) is 4.54. The Morgan fingerprint density at radius 3 is 2.69 bits per heavy atom. The normalized spacial score (nSPS) is 14.9. The number of fused-ring (bicyclic) bond motifs is 2. The second-order valence-electron chi connectivity index (χ2n) is 6.98. The lowest BCUT2D eigenvalue weighted by Gasteiger charge is -2.20. The van der Waals surface area contributed by atoms with Gasteiger partial charge >= 0.3 is 6.18 Å². The molecule has 0 fully saturated rings. The molecule has 0 amide bonds. The van der Waals surface area contributed by atoms with E-state index in [2.05, 4.69) is 38.8 Å². The number of thiophene rings is 1. The Morgan fingerprint density at radius 1 is 1.03 bits per heavy atom. The molecule has 0 spiro atoms. The average molecular weight is 415 g/mol. The van der Waals surface area contributed by atoms with Crippen molar-refractivity contribution in [1.82, 2.24) is 19.8 Å². The number of nitrogens with zero attached hydrogens (tertiary/aromatic N) is 4. The van der Waals surface area contributed by atoms with Crippen molar-refractivity contribution in [3.63, 3.8) is 0 Å². The summed E-state index contributed by atoms with van der Waals surface area (Å²) in [5.74, 6) is -0.817. The molecule has 3 aromatic heterocycles. The van der Waals surface area contributed by atoms with E-state index < -0.39 is 12.0 Å². The second kappa shape index (κ2) is 6.84. The van der Waals surface area contributed by atoms with Crippen molar-refractivity contribution in [3.05, 3.63) is 75.2 Å². The van der Waals surface area contributed by atoms with Gasteiger partial charge in [-0.25, -0.2) is 0 Å². The molecule has 0 saturated heterocycles. The molecule has 0 radical (unpaired) electrons. The van der Waals surface area contributed by atoms with Gasteiger partial charge in [-0.15, -0.1) is 26.6 Å². The molecule has 1 atom stereocenters. The molecule has 4 aromatic rings. The van der Waals surface area contributed by atoms with E-state index in [-0.39, 0.29) is 11.7 Å². The Bertz CT molecular complexity index is 1170. The number of hydrogen-bond donors (Lipinski definition) is 1. The van der Waals surface area contributed by atoms with Crippen LogP contribution in [0.15, 0.2) is 47.8 Å². The SMILES string of the molecule is FC(F)(F)c1nnc2ccc(NC(c3ccc4c(c3)CCC4)c3cccs3)nn12. The van der Waals surface area contributed by atoms with Crippen molar-refractivity contribution in [2.24, 2.45) is 0 Å². The van der Waals surface area contributed by atoms with Gasteiger partial charge in [0.05, 0.1) is 6.04 Å². The molecule has 5 rings (SSSR count). The second-order valence-corrected chi connectivity index (χ2v) is 7.96. The molecule has 1 N–H and O–H groups in total. The predicted molar refractivity (Wildman–Crippen MR) is 104 cm³/mol. The molecule has 1 unspecified atom stereocenters. The Balaban J connectivity index is 1.54. The lowest BCUT2D eigenvalue weighted by molar-refractivity contribution is -0.146. The van der Waals surface area contributed by atoms with Gasteiger partial charge in [-0.3, -0.25) is 0 Å². The summed E-state index contributed by atoms with van der Waals surface area (Å²) in [7, 11) is 0. The summed E-state index contributed by atoms with van der Waals surface area (Å²) in [4.78, 5) is 1.06. The van der Waals surface area contributed by atoms with E-state index in [0.717, 1.165) is 34.2 Å². The van der Waals surface area contributed by atoms with Crippen LogP contribution in [0.2, 0.25) is 0 Å². The molecule has 3 heterocycles. The first-order chi connectivity index (χ1) is 14.0. The minimum atomic E-state index is -4.63. The highest BCUT2D eigenvalue weighted by atomic mass is 32.1. The van der Waals surface area contributed by atoms with Crippen LogP contribution in [-0.2, 0) is 19.0 Å². The van der Waals surface area contributed by atoms with Crippen molar-refractivity contribution < 1.29 is 13.2 Å². The van der Waals surface area contributed by atoms with Crippen LogP contribution in [0, 0.1) is 0 Å². The molecule has 5 nitrogen and oxygen atoms in total. The maximum atomic E-state index is 13.2. The Kier molecular flexibility index (Phi) is 4.27. The van der Waals surface area contributed by atoms with Gasteiger partial charge in [-0.05, 0) is 59.5 Å². The number of rotatable bonds is 4. The molecular weight excluding hydrogens is 399 g/mol. The van der Waals surface area contributed by atoms with Crippen LogP contribution in [0.25, 0.3) is 5.65 Å². The molecular formula is C20H16F3N5S. The molecule has 0 bridgehead atoms. The molecule has 1 aromatic carbocycles. The van der Waals surface area contributed by atoms with Crippen LogP contribution in [0.5, 0.6) is 0 Å². The summed E-state index contributed by atoms with van der Waals surface area (Å²) in [6.45, 7) is 0. The van der Waals surface area contributed by atoms with Crippen molar-refractivity contribution in [3.8, 4) is 0 Å². The molecule has 148 valence electrons. The number of halogens is 3. The third kappa shape index (κ3) is 3.35. The summed E-state index contributed by atoms with van der Waals surface area (Å²) >= 11 is 1.59. The highest BCUT2D eigenvalue weighted by molar-refractivity contribution is 7.10. The Labute approximate surface area is 168 Å². The van der Waals surface area contributed by atoms with E-state index >= 15 is 0 Å². The lowest BCUT2D eigenvalue weighted by Crippen LogP contribution is -2.16. The maximum Gasteiger partial charge on any atom is 0.453 e. The number of anilines is 1. The number of benzene rings is 1. The van der Waals surface area contributed by atoms with Gasteiger partial charge in [-0.2, -0.15) is 17.7 Å². The standard InChI is InChI=1S/C20H16F3N5S/c21-20(22,23)19-26-25-17-9-8-16(27-28(17)19)24-18(15-5-2-10-29-15)14-7-6-12-3-1-4-13(12)11-14/h2,5-11,18H,1,3-4H2,(H,24,27). The first kappa shape index (κ1) is 18.1. The van der Waals surface area contributed by atoms with Gasteiger partial charge in [0.2, 0.25) is 0 Å². The van der Waals surface area contributed by atoms with Gasteiger partial charge < -0.3 is 5.32 Å². The number of aromatic nitrogens is 4. The number of alkyl halides is 3. The Hall–Kier alpha value is -2.94. The fraction of sp³-hybridized carbons (Fsp3) is 0.250. The summed E-state index contributed by atoms with van der Waals surface area (Å²) in [6, 6.07) is 13.3. The van der Waals surface area contributed by atoms with Crippen LogP contribution in [0.3, 0.4) is 0 Å². The average Bonchev–Trinajstić information content (AvgIpc) is 3.44. The van der Waals surface area contributed by atoms with E-state index in [1.165, 1.54) is 17.2 Å². The zero-order valence-electron chi connectivity index (χ0n) is 15.1.